The molecule has 2 heterocycles. The van der Waals surface area contributed by atoms with Gasteiger partial charge < -0.3 is 4.74 Å². The van der Waals surface area contributed by atoms with Gasteiger partial charge in [-0.2, -0.15) is 0 Å². The van der Waals surface area contributed by atoms with Crippen molar-refractivity contribution in [1.29, 1.82) is 0 Å². The molecule has 20 heavy (non-hydrogen) atoms. The van der Waals surface area contributed by atoms with E-state index in [-0.39, 0.29) is 12.0 Å². The molecule has 102 valence electrons. The highest BCUT2D eigenvalue weighted by Crippen LogP contribution is 2.34. The first-order chi connectivity index (χ1) is 9.72. The molecule has 2 unspecified atom stereocenters. The van der Waals surface area contributed by atoms with E-state index < -0.39 is 5.92 Å². The first kappa shape index (κ1) is 12.5. The normalized spacial score (nSPS) is 21.0. The Morgan fingerprint density at radius 2 is 2.05 bits per heavy atom. The maximum atomic E-state index is 12.1. The van der Waals surface area contributed by atoms with Crippen LogP contribution in [0, 0.1) is 5.92 Å². The quantitative estimate of drug-likeness (QED) is 0.765. The summed E-state index contributed by atoms with van der Waals surface area (Å²) in [6.45, 7) is 1.79. The molecule has 0 spiro atoms. The lowest BCUT2D eigenvalue weighted by molar-refractivity contribution is -0.144. The summed E-state index contributed by atoms with van der Waals surface area (Å²) in [7, 11) is 1.37. The second-order valence-electron chi connectivity index (χ2n) is 4.53. The average Bonchev–Trinajstić information content (AvgIpc) is 2.93. The molecule has 1 aromatic heterocycles. The van der Waals surface area contributed by atoms with E-state index in [1.165, 1.54) is 7.11 Å². The summed E-state index contributed by atoms with van der Waals surface area (Å²) >= 11 is 0. The lowest BCUT2D eigenvalue weighted by atomic mass is 9.88. The van der Waals surface area contributed by atoms with Gasteiger partial charge in [0.05, 0.1) is 7.11 Å². The fraction of sp³-hybridized carbons (Fsp3) is 0.308. The first-order valence-corrected chi connectivity index (χ1v) is 6.18. The molecule has 1 aromatic carbocycles. The summed E-state index contributed by atoms with van der Waals surface area (Å²) in [5.41, 5.74) is 1.58. The molecule has 0 N–H and O–H groups in total. The number of carbonyl (C=O) groups is 1. The lowest BCUT2D eigenvalue weighted by Crippen LogP contribution is -2.36. The monoisotopic (exact) mass is 271 g/mol. The molecule has 3 rings (SSSR count). The zero-order valence-corrected chi connectivity index (χ0v) is 11.1. The van der Waals surface area contributed by atoms with Crippen LogP contribution < -0.4 is 0 Å². The van der Waals surface area contributed by atoms with Crippen LogP contribution in [-0.4, -0.2) is 39.0 Å². The molecule has 1 aliphatic heterocycles. The predicted octanol–water partition coefficient (Wildman–Crippen LogP) is 1.16. The van der Waals surface area contributed by atoms with Crippen LogP contribution in [0.5, 0.6) is 0 Å². The third-order valence-corrected chi connectivity index (χ3v) is 3.38. The lowest BCUT2D eigenvalue weighted by Gasteiger charge is -2.28. The summed E-state index contributed by atoms with van der Waals surface area (Å²) in [5.74, 6) is -0.476. The number of benzene rings is 1. The van der Waals surface area contributed by atoms with E-state index in [0.717, 1.165) is 5.56 Å². The van der Waals surface area contributed by atoms with Gasteiger partial charge in [0.2, 0.25) is 0 Å². The molecule has 7 heteroatoms. The number of aromatic nitrogens is 4. The Kier molecular flexibility index (Phi) is 3.02. The van der Waals surface area contributed by atoms with Crippen LogP contribution in [0.2, 0.25) is 0 Å². The number of esters is 1. The predicted molar refractivity (Wildman–Crippen MR) is 70.7 cm³/mol. The van der Waals surface area contributed by atoms with E-state index in [0.29, 0.717) is 11.7 Å². The molecule has 0 fully saturated rings. The number of nitrogens with zero attached hydrogens (tertiary/aromatic N) is 5. The molecule has 0 bridgehead atoms. The molecule has 2 atom stereocenters. The second kappa shape index (κ2) is 4.84. The zero-order valence-electron chi connectivity index (χ0n) is 11.1. The van der Waals surface area contributed by atoms with E-state index in [4.69, 9.17) is 4.74 Å². The van der Waals surface area contributed by atoms with Gasteiger partial charge >= 0.3 is 5.97 Å². The Balaban J connectivity index is 2.16. The van der Waals surface area contributed by atoms with Crippen LogP contribution in [0.15, 0.2) is 35.3 Å². The maximum absolute atomic E-state index is 12.1. The number of carbonyl (C=O) groups excluding carboxylic acids is 1. The number of ether oxygens (including phenoxy) is 1. The zero-order chi connectivity index (χ0) is 14.1. The SMILES string of the molecule is COC(=O)C1C(C)=Nc2nnnn2C1c1ccccc1. The molecule has 2 aromatic rings. The minimum absolute atomic E-state index is 0.342. The molecule has 7 nitrogen and oxygen atoms in total. The van der Waals surface area contributed by atoms with Crippen LogP contribution in [0.3, 0.4) is 0 Å². The Labute approximate surface area is 115 Å². The third-order valence-electron chi connectivity index (χ3n) is 3.38. The maximum Gasteiger partial charge on any atom is 0.316 e. The summed E-state index contributed by atoms with van der Waals surface area (Å²) in [6.07, 6.45) is 0. The van der Waals surface area contributed by atoms with Crippen LogP contribution in [0.25, 0.3) is 0 Å². The smallest absolute Gasteiger partial charge is 0.316 e. The van der Waals surface area contributed by atoms with Gasteiger partial charge in [0, 0.05) is 5.71 Å². The molecular formula is C13H13N5O2. The van der Waals surface area contributed by atoms with Gasteiger partial charge in [-0.3, -0.25) is 4.79 Å². The molecule has 0 saturated heterocycles. The van der Waals surface area contributed by atoms with Crippen molar-refractivity contribution in [3.8, 4) is 0 Å². The van der Waals surface area contributed by atoms with Crippen molar-refractivity contribution in [2.45, 2.75) is 13.0 Å². The number of rotatable bonds is 2. The third kappa shape index (κ3) is 1.87. The van der Waals surface area contributed by atoms with Crippen LogP contribution in [0.1, 0.15) is 18.5 Å². The minimum atomic E-state index is -0.529. The average molecular weight is 271 g/mol. The second-order valence-corrected chi connectivity index (χ2v) is 4.53. The van der Waals surface area contributed by atoms with Gasteiger partial charge in [-0.15, -0.1) is 0 Å². The standard InChI is InChI=1S/C13H13N5O2/c1-8-10(12(19)20-2)11(9-6-4-3-5-7-9)18-13(14-8)15-16-17-18/h3-7,10-11H,1-2H3. The highest BCUT2D eigenvalue weighted by molar-refractivity contribution is 6.03. The molecule has 1 aliphatic rings. The Bertz CT molecular complexity index is 664. The van der Waals surface area contributed by atoms with Gasteiger partial charge in [-0.25, -0.2) is 9.67 Å². The van der Waals surface area contributed by atoms with Crippen LogP contribution >= 0.6 is 0 Å². The van der Waals surface area contributed by atoms with Crippen molar-refractivity contribution in [3.63, 3.8) is 0 Å². The molecule has 0 amide bonds. The number of tetrazole rings is 1. The number of fused-ring (bicyclic) bond motifs is 1. The number of aliphatic imine (C=N–C) groups is 1. The van der Waals surface area contributed by atoms with Crippen molar-refractivity contribution >= 4 is 17.6 Å². The summed E-state index contributed by atoms with van der Waals surface area (Å²) in [4.78, 5) is 16.4. The first-order valence-electron chi connectivity index (χ1n) is 6.18. The van der Waals surface area contributed by atoms with Crippen molar-refractivity contribution in [2.75, 3.05) is 7.11 Å². The number of hydrogen-bond donors (Lipinski definition) is 0. The number of methoxy groups -OCH3 is 1. The van der Waals surface area contributed by atoms with Gasteiger partial charge in [-0.05, 0) is 22.9 Å². The summed E-state index contributed by atoms with van der Waals surface area (Å²) < 4.78 is 6.46. The number of hydrogen-bond acceptors (Lipinski definition) is 6. The fourth-order valence-electron chi connectivity index (χ4n) is 2.45. The van der Waals surface area contributed by atoms with Crippen LogP contribution in [0.4, 0.5) is 5.95 Å². The Morgan fingerprint density at radius 3 is 2.75 bits per heavy atom. The summed E-state index contributed by atoms with van der Waals surface area (Å²) in [6, 6.07) is 9.27. The molecule has 0 aliphatic carbocycles. The van der Waals surface area contributed by atoms with Gasteiger partial charge in [-0.1, -0.05) is 35.4 Å². The van der Waals surface area contributed by atoms with Crippen molar-refractivity contribution < 1.29 is 9.53 Å². The minimum Gasteiger partial charge on any atom is -0.468 e. The molecular weight excluding hydrogens is 258 g/mol. The molecule has 0 saturated carbocycles. The highest BCUT2D eigenvalue weighted by Gasteiger charge is 2.39. The van der Waals surface area contributed by atoms with E-state index in [2.05, 4.69) is 20.5 Å². The van der Waals surface area contributed by atoms with E-state index in [9.17, 15) is 4.79 Å². The van der Waals surface area contributed by atoms with Crippen molar-refractivity contribution in [3.05, 3.63) is 35.9 Å². The van der Waals surface area contributed by atoms with E-state index in [1.54, 1.807) is 11.6 Å². The van der Waals surface area contributed by atoms with Gasteiger partial charge in [0.1, 0.15) is 12.0 Å². The molecule has 0 radical (unpaired) electrons. The summed E-state index contributed by atoms with van der Waals surface area (Å²) in [5, 5.41) is 11.5. The van der Waals surface area contributed by atoms with Crippen LogP contribution in [-0.2, 0) is 9.53 Å². The Morgan fingerprint density at radius 1 is 1.30 bits per heavy atom. The topological polar surface area (TPSA) is 82.3 Å². The highest BCUT2D eigenvalue weighted by atomic mass is 16.5. The van der Waals surface area contributed by atoms with E-state index in [1.807, 2.05) is 30.3 Å². The van der Waals surface area contributed by atoms with E-state index >= 15 is 0 Å². The van der Waals surface area contributed by atoms with Crippen molar-refractivity contribution in [1.82, 2.24) is 20.2 Å². The van der Waals surface area contributed by atoms with Gasteiger partial charge in [0.25, 0.3) is 5.95 Å². The largest absolute Gasteiger partial charge is 0.468 e. The Hall–Kier alpha value is -2.57. The fourth-order valence-corrected chi connectivity index (χ4v) is 2.45. The van der Waals surface area contributed by atoms with Gasteiger partial charge in [0.15, 0.2) is 0 Å². The van der Waals surface area contributed by atoms with Crippen molar-refractivity contribution in [2.24, 2.45) is 10.9 Å².